The van der Waals surface area contributed by atoms with E-state index >= 15 is 0 Å². The van der Waals surface area contributed by atoms with Crippen molar-refractivity contribution in [3.8, 4) is 11.4 Å². The van der Waals surface area contributed by atoms with E-state index in [0.29, 0.717) is 12.1 Å². The fourth-order valence-corrected chi connectivity index (χ4v) is 5.51. The molecule has 2 aromatic carbocycles. The lowest BCUT2D eigenvalue weighted by atomic mass is 10.1. The van der Waals surface area contributed by atoms with E-state index in [4.69, 9.17) is 0 Å². The van der Waals surface area contributed by atoms with Crippen LogP contribution in [0.25, 0.3) is 5.69 Å². The Morgan fingerprint density at radius 3 is 2.50 bits per heavy atom. The summed E-state index contributed by atoms with van der Waals surface area (Å²) in [6.45, 7) is 1.98. The van der Waals surface area contributed by atoms with Gasteiger partial charge in [0.2, 0.25) is 0 Å². The highest BCUT2D eigenvalue weighted by Gasteiger charge is 2.38. The molecule has 0 radical (unpaired) electrons. The summed E-state index contributed by atoms with van der Waals surface area (Å²) in [5.41, 5.74) is 2.38. The van der Waals surface area contributed by atoms with Crippen molar-refractivity contribution in [1.29, 1.82) is 0 Å². The van der Waals surface area contributed by atoms with E-state index in [1.165, 1.54) is 28.6 Å². The molecular formula is C19H17BrN2O3S. The van der Waals surface area contributed by atoms with Crippen LogP contribution in [0.5, 0.6) is 5.75 Å². The number of hydrogen-bond acceptors (Lipinski definition) is 3. The first-order valence-electron chi connectivity index (χ1n) is 8.24. The highest BCUT2D eigenvalue weighted by Crippen LogP contribution is 2.44. The van der Waals surface area contributed by atoms with Gasteiger partial charge in [0.25, 0.3) is 10.0 Å². The zero-order valence-electron chi connectivity index (χ0n) is 14.0. The summed E-state index contributed by atoms with van der Waals surface area (Å²) in [7, 11) is -3.80. The second-order valence-corrected chi connectivity index (χ2v) is 8.89. The third-order valence-electron chi connectivity index (χ3n) is 4.62. The average Bonchev–Trinajstić information content (AvgIpc) is 3.10. The molecule has 0 saturated heterocycles. The van der Waals surface area contributed by atoms with Crippen molar-refractivity contribution in [2.45, 2.75) is 24.3 Å². The molecule has 1 aliphatic heterocycles. The van der Waals surface area contributed by atoms with Gasteiger partial charge in [0.05, 0.1) is 22.3 Å². The highest BCUT2D eigenvalue weighted by molar-refractivity contribution is 9.10. The molecule has 0 bridgehead atoms. The van der Waals surface area contributed by atoms with Gasteiger partial charge >= 0.3 is 0 Å². The minimum Gasteiger partial charge on any atom is -0.508 e. The molecule has 1 aliphatic rings. The van der Waals surface area contributed by atoms with Gasteiger partial charge in [-0.3, -0.25) is 4.31 Å². The van der Waals surface area contributed by atoms with Crippen molar-refractivity contribution < 1.29 is 13.5 Å². The number of anilines is 1. The van der Waals surface area contributed by atoms with Gasteiger partial charge in [-0.25, -0.2) is 8.42 Å². The van der Waals surface area contributed by atoms with Crippen molar-refractivity contribution in [3.05, 3.63) is 71.0 Å². The molecule has 26 heavy (non-hydrogen) atoms. The van der Waals surface area contributed by atoms with Crippen LogP contribution >= 0.6 is 15.9 Å². The van der Waals surface area contributed by atoms with E-state index in [-0.39, 0.29) is 16.7 Å². The fourth-order valence-electron chi connectivity index (χ4n) is 3.45. The smallest absolute Gasteiger partial charge is 0.265 e. The normalized spacial score (nSPS) is 16.2. The molecule has 1 aromatic heterocycles. The summed E-state index contributed by atoms with van der Waals surface area (Å²) in [4.78, 5) is 0.152. The second-order valence-electron chi connectivity index (χ2n) is 6.15. The Kier molecular flexibility index (Phi) is 4.08. The number of rotatable bonds is 3. The van der Waals surface area contributed by atoms with Crippen LogP contribution < -0.4 is 4.31 Å². The van der Waals surface area contributed by atoms with E-state index in [2.05, 4.69) is 15.9 Å². The summed E-state index contributed by atoms with van der Waals surface area (Å²) >= 11 is 3.46. The van der Waals surface area contributed by atoms with Crippen molar-refractivity contribution in [3.63, 3.8) is 0 Å². The van der Waals surface area contributed by atoms with Gasteiger partial charge in [-0.05, 0) is 61.0 Å². The Morgan fingerprint density at radius 1 is 1.08 bits per heavy atom. The third kappa shape index (κ3) is 2.54. The molecule has 134 valence electrons. The standard InChI is InChI=1S/C19H17BrN2O3S/c1-2-16-17-4-3-11-21(17)18-10-5-13(20)12-19(18)22(16)26(24,25)15-8-6-14(23)7-9-15/h3-12,16,23H,2H2,1H3/t16-/m1/s1. The molecule has 2 heterocycles. The number of aromatic hydroxyl groups is 1. The predicted molar refractivity (Wildman–Crippen MR) is 104 cm³/mol. The zero-order chi connectivity index (χ0) is 18.5. The Labute approximate surface area is 160 Å². The van der Waals surface area contributed by atoms with E-state index in [9.17, 15) is 13.5 Å². The molecular weight excluding hydrogens is 416 g/mol. The van der Waals surface area contributed by atoms with E-state index in [1.807, 2.05) is 48.0 Å². The van der Waals surface area contributed by atoms with Crippen molar-refractivity contribution in [2.75, 3.05) is 4.31 Å². The van der Waals surface area contributed by atoms with Crippen LogP contribution in [0.3, 0.4) is 0 Å². The summed E-state index contributed by atoms with van der Waals surface area (Å²) in [5.74, 6) is 0.0339. The molecule has 1 N–H and O–H groups in total. The molecule has 0 spiro atoms. The lowest BCUT2D eigenvalue weighted by Gasteiger charge is -2.38. The maximum Gasteiger partial charge on any atom is 0.265 e. The van der Waals surface area contributed by atoms with Crippen molar-refractivity contribution in [1.82, 2.24) is 4.57 Å². The molecule has 0 aliphatic carbocycles. The molecule has 7 heteroatoms. The van der Waals surface area contributed by atoms with Gasteiger partial charge in [0.1, 0.15) is 5.75 Å². The first-order valence-corrected chi connectivity index (χ1v) is 10.5. The van der Waals surface area contributed by atoms with E-state index in [1.54, 1.807) is 0 Å². The third-order valence-corrected chi connectivity index (χ3v) is 6.95. The van der Waals surface area contributed by atoms with Crippen LogP contribution in [0, 0.1) is 0 Å². The number of fused-ring (bicyclic) bond motifs is 3. The van der Waals surface area contributed by atoms with Crippen LogP contribution in [0.4, 0.5) is 5.69 Å². The summed E-state index contributed by atoms with van der Waals surface area (Å²) in [5, 5.41) is 9.51. The maximum absolute atomic E-state index is 13.5. The quantitative estimate of drug-likeness (QED) is 0.657. The number of nitrogens with zero attached hydrogens (tertiary/aromatic N) is 2. The van der Waals surface area contributed by atoms with Crippen LogP contribution in [0.15, 0.2) is 70.2 Å². The van der Waals surface area contributed by atoms with Gasteiger partial charge in [0.15, 0.2) is 0 Å². The van der Waals surface area contributed by atoms with Crippen molar-refractivity contribution in [2.24, 2.45) is 0 Å². The van der Waals surface area contributed by atoms with Gasteiger partial charge in [-0.2, -0.15) is 0 Å². The molecule has 1 atom stereocenters. The topological polar surface area (TPSA) is 62.5 Å². The van der Waals surface area contributed by atoms with Crippen LogP contribution in [-0.4, -0.2) is 18.1 Å². The van der Waals surface area contributed by atoms with Crippen LogP contribution in [-0.2, 0) is 10.0 Å². The number of sulfonamides is 1. The molecule has 0 fully saturated rings. The number of halogens is 1. The highest BCUT2D eigenvalue weighted by atomic mass is 79.9. The number of benzene rings is 2. The molecule has 0 amide bonds. The second kappa shape index (κ2) is 6.17. The zero-order valence-corrected chi connectivity index (χ0v) is 16.4. The lowest BCUT2D eigenvalue weighted by Crippen LogP contribution is -2.39. The van der Waals surface area contributed by atoms with Gasteiger partial charge in [-0.1, -0.05) is 22.9 Å². The summed E-state index contributed by atoms with van der Waals surface area (Å²) in [6.07, 6.45) is 2.59. The number of aromatic nitrogens is 1. The Morgan fingerprint density at radius 2 is 1.81 bits per heavy atom. The average molecular weight is 433 g/mol. The first kappa shape index (κ1) is 17.2. The largest absolute Gasteiger partial charge is 0.508 e. The summed E-state index contributed by atoms with van der Waals surface area (Å²) in [6, 6.07) is 14.9. The fraction of sp³-hybridized carbons (Fsp3) is 0.158. The number of phenolic OH excluding ortho intramolecular Hbond substituents is 1. The molecule has 5 nitrogen and oxygen atoms in total. The van der Waals surface area contributed by atoms with Crippen molar-refractivity contribution >= 4 is 31.6 Å². The first-order chi connectivity index (χ1) is 12.4. The molecule has 4 rings (SSSR count). The minimum atomic E-state index is -3.80. The SMILES string of the molecule is CC[C@@H]1c2cccn2-c2ccc(Br)cc2N1S(=O)(=O)c1ccc(O)cc1. The lowest BCUT2D eigenvalue weighted by molar-refractivity contribution is 0.474. The van der Waals surface area contributed by atoms with Gasteiger partial charge in [-0.15, -0.1) is 0 Å². The monoisotopic (exact) mass is 432 g/mol. The minimum absolute atomic E-state index is 0.0339. The molecule has 0 saturated carbocycles. The van der Waals surface area contributed by atoms with Gasteiger partial charge < -0.3 is 9.67 Å². The number of hydrogen-bond donors (Lipinski definition) is 1. The maximum atomic E-state index is 13.5. The Hall–Kier alpha value is -2.25. The van der Waals surface area contributed by atoms with E-state index in [0.717, 1.165) is 15.9 Å². The molecule has 3 aromatic rings. The van der Waals surface area contributed by atoms with Gasteiger partial charge in [0, 0.05) is 16.4 Å². The Balaban J connectivity index is 1.98. The predicted octanol–water partition coefficient (Wildman–Crippen LogP) is 4.61. The van der Waals surface area contributed by atoms with E-state index < -0.39 is 10.0 Å². The Bertz CT molecular complexity index is 1070. The van der Waals surface area contributed by atoms with Crippen LogP contribution in [0.2, 0.25) is 0 Å². The van der Waals surface area contributed by atoms with Crippen LogP contribution in [0.1, 0.15) is 25.1 Å². The number of phenols is 1. The molecule has 0 unspecified atom stereocenters. The summed E-state index contributed by atoms with van der Waals surface area (Å²) < 4.78 is 31.3.